The van der Waals surface area contributed by atoms with Gasteiger partial charge in [-0.1, -0.05) is 6.92 Å². The van der Waals surface area contributed by atoms with Crippen molar-refractivity contribution in [1.29, 1.82) is 0 Å². The van der Waals surface area contributed by atoms with Gasteiger partial charge in [0.25, 0.3) is 0 Å². The molecule has 2 aliphatic rings. The molecule has 0 spiro atoms. The Morgan fingerprint density at radius 3 is 2.73 bits per heavy atom. The fourth-order valence-corrected chi connectivity index (χ4v) is 4.41. The van der Waals surface area contributed by atoms with E-state index in [1.807, 2.05) is 0 Å². The van der Waals surface area contributed by atoms with Crippen molar-refractivity contribution in [3.63, 3.8) is 0 Å². The molecule has 1 saturated heterocycles. The van der Waals surface area contributed by atoms with Gasteiger partial charge in [-0.2, -0.15) is 0 Å². The van der Waals surface area contributed by atoms with Crippen molar-refractivity contribution < 1.29 is 13.9 Å². The molecule has 6 nitrogen and oxygen atoms in total. The number of hydrogen-bond acceptors (Lipinski definition) is 5. The molecule has 1 aliphatic heterocycles. The summed E-state index contributed by atoms with van der Waals surface area (Å²) in [5.41, 5.74) is 0.753. The molecular formula is C22H25F2N5O. The van der Waals surface area contributed by atoms with Crippen LogP contribution in [0, 0.1) is 11.6 Å². The molecule has 0 amide bonds. The maximum absolute atomic E-state index is 14.9. The summed E-state index contributed by atoms with van der Waals surface area (Å²) in [5.74, 6) is -0.678. The lowest BCUT2D eigenvalue weighted by atomic mass is 10.0. The highest BCUT2D eigenvalue weighted by Crippen LogP contribution is 2.44. The number of halogens is 2. The second-order valence-electron chi connectivity index (χ2n) is 8.30. The highest BCUT2D eigenvalue weighted by molar-refractivity contribution is 5.82. The molecule has 3 heterocycles. The quantitative estimate of drug-likeness (QED) is 0.658. The SMILES string of the molecule is CCN1CCC[C@@H](Nc2nnc(-c3c(O)cc(C4CC4)cc3F)c3c(F)ccn23)C1. The van der Waals surface area contributed by atoms with Crippen LogP contribution < -0.4 is 5.32 Å². The van der Waals surface area contributed by atoms with Crippen molar-refractivity contribution in [3.8, 4) is 17.0 Å². The first-order valence-electron chi connectivity index (χ1n) is 10.6. The van der Waals surface area contributed by atoms with Crippen LogP contribution in [-0.2, 0) is 0 Å². The summed E-state index contributed by atoms with van der Waals surface area (Å²) in [7, 11) is 0. The summed E-state index contributed by atoms with van der Waals surface area (Å²) >= 11 is 0. The fourth-order valence-electron chi connectivity index (χ4n) is 4.41. The van der Waals surface area contributed by atoms with E-state index in [1.54, 1.807) is 16.7 Å². The number of phenols is 1. The lowest BCUT2D eigenvalue weighted by Crippen LogP contribution is -2.42. The number of anilines is 1. The van der Waals surface area contributed by atoms with Gasteiger partial charge in [-0.25, -0.2) is 8.78 Å². The van der Waals surface area contributed by atoms with Gasteiger partial charge in [0, 0.05) is 18.8 Å². The number of hydrogen-bond donors (Lipinski definition) is 2. The molecular weight excluding hydrogens is 388 g/mol. The van der Waals surface area contributed by atoms with Crippen LogP contribution >= 0.6 is 0 Å². The summed E-state index contributed by atoms with van der Waals surface area (Å²) in [5, 5.41) is 22.3. The minimum absolute atomic E-state index is 0.000717. The highest BCUT2D eigenvalue weighted by Gasteiger charge is 2.28. The van der Waals surface area contributed by atoms with Gasteiger partial charge in [0.15, 0.2) is 5.82 Å². The minimum atomic E-state index is -0.611. The van der Waals surface area contributed by atoms with Crippen LogP contribution in [0.2, 0.25) is 0 Å². The molecule has 2 N–H and O–H groups in total. The van der Waals surface area contributed by atoms with Gasteiger partial charge in [-0.3, -0.25) is 4.40 Å². The van der Waals surface area contributed by atoms with E-state index in [4.69, 9.17) is 0 Å². The van der Waals surface area contributed by atoms with Crippen LogP contribution in [0.25, 0.3) is 16.8 Å². The van der Waals surface area contributed by atoms with E-state index in [0.717, 1.165) is 50.9 Å². The van der Waals surface area contributed by atoms with E-state index in [1.165, 1.54) is 12.1 Å². The largest absolute Gasteiger partial charge is 0.507 e. The van der Waals surface area contributed by atoms with Crippen molar-refractivity contribution >= 4 is 11.5 Å². The predicted molar refractivity (Wildman–Crippen MR) is 111 cm³/mol. The van der Waals surface area contributed by atoms with Crippen molar-refractivity contribution in [2.24, 2.45) is 0 Å². The number of nitrogens with one attached hydrogen (secondary N) is 1. The van der Waals surface area contributed by atoms with E-state index < -0.39 is 11.6 Å². The zero-order valence-electron chi connectivity index (χ0n) is 16.9. The Hall–Kier alpha value is -2.74. The number of likely N-dealkylation sites (N-methyl/N-ethyl adjacent to an activating group) is 1. The van der Waals surface area contributed by atoms with Gasteiger partial charge in [-0.15, -0.1) is 10.2 Å². The van der Waals surface area contributed by atoms with Crippen LogP contribution in [-0.4, -0.2) is 50.3 Å². The number of aromatic hydroxyl groups is 1. The third kappa shape index (κ3) is 3.39. The third-order valence-corrected chi connectivity index (χ3v) is 6.20. The number of fused-ring (bicyclic) bond motifs is 1. The number of nitrogens with zero attached hydrogens (tertiary/aromatic N) is 4. The number of benzene rings is 1. The molecule has 1 aromatic carbocycles. The average Bonchev–Trinajstić information content (AvgIpc) is 3.51. The Morgan fingerprint density at radius 1 is 1.17 bits per heavy atom. The van der Waals surface area contributed by atoms with Gasteiger partial charge < -0.3 is 15.3 Å². The average molecular weight is 413 g/mol. The molecule has 1 aliphatic carbocycles. The number of piperidine rings is 1. The van der Waals surface area contributed by atoms with Crippen LogP contribution in [0.5, 0.6) is 5.75 Å². The smallest absolute Gasteiger partial charge is 0.228 e. The lowest BCUT2D eigenvalue weighted by molar-refractivity contribution is 0.226. The van der Waals surface area contributed by atoms with Gasteiger partial charge in [0.05, 0.1) is 5.56 Å². The molecule has 5 rings (SSSR count). The Morgan fingerprint density at radius 2 is 2.00 bits per heavy atom. The van der Waals surface area contributed by atoms with E-state index in [2.05, 4.69) is 27.3 Å². The molecule has 2 aromatic heterocycles. The standard InChI is InChI=1S/C22H25F2N5O/c1-2-28-8-3-4-15(12-28)25-22-27-26-20(21-16(23)7-9-29(21)22)19-17(24)10-14(11-18(19)30)13-5-6-13/h7,9-11,13,15,30H,2-6,8,12H2,1H3,(H,25,27)/t15-/m1/s1. The lowest BCUT2D eigenvalue weighted by Gasteiger charge is -2.32. The number of phenolic OH excluding ortho intramolecular Hbond substituents is 1. The minimum Gasteiger partial charge on any atom is -0.507 e. The molecule has 3 aromatic rings. The van der Waals surface area contributed by atoms with E-state index in [-0.39, 0.29) is 28.6 Å². The second-order valence-corrected chi connectivity index (χ2v) is 8.30. The summed E-state index contributed by atoms with van der Waals surface area (Å²) < 4.78 is 31.2. The predicted octanol–water partition coefficient (Wildman–Crippen LogP) is 4.15. The molecule has 1 saturated carbocycles. The summed E-state index contributed by atoms with van der Waals surface area (Å²) in [6.45, 7) is 5.06. The number of rotatable bonds is 5. The first kappa shape index (κ1) is 19.2. The highest BCUT2D eigenvalue weighted by atomic mass is 19.1. The number of aromatic nitrogens is 3. The fraction of sp³-hybridized carbons (Fsp3) is 0.455. The summed E-state index contributed by atoms with van der Waals surface area (Å²) in [6, 6.07) is 4.46. The molecule has 8 heteroatoms. The topological polar surface area (TPSA) is 65.7 Å². The zero-order valence-corrected chi connectivity index (χ0v) is 16.9. The van der Waals surface area contributed by atoms with Crippen molar-refractivity contribution in [2.45, 2.75) is 44.6 Å². The molecule has 0 radical (unpaired) electrons. The normalized spacial score (nSPS) is 20.0. The molecule has 0 unspecified atom stereocenters. The molecule has 0 bridgehead atoms. The van der Waals surface area contributed by atoms with Gasteiger partial charge in [0.1, 0.15) is 22.8 Å². The number of likely N-dealkylation sites (tertiary alicyclic amines) is 1. The molecule has 2 fully saturated rings. The van der Waals surface area contributed by atoms with Crippen molar-refractivity contribution in [1.82, 2.24) is 19.5 Å². The Balaban J connectivity index is 1.54. The molecule has 1 atom stereocenters. The van der Waals surface area contributed by atoms with E-state index >= 15 is 0 Å². The van der Waals surface area contributed by atoms with Crippen molar-refractivity contribution in [2.75, 3.05) is 25.0 Å². The maximum atomic E-state index is 14.9. The molecule has 158 valence electrons. The van der Waals surface area contributed by atoms with Crippen LogP contribution in [0.1, 0.15) is 44.1 Å². The Kier molecular flexibility index (Phi) is 4.81. The summed E-state index contributed by atoms with van der Waals surface area (Å²) in [6.07, 6.45) is 5.61. The van der Waals surface area contributed by atoms with Crippen LogP contribution in [0.3, 0.4) is 0 Å². The first-order chi connectivity index (χ1) is 14.5. The zero-order chi connectivity index (χ0) is 20.8. The first-order valence-corrected chi connectivity index (χ1v) is 10.6. The van der Waals surface area contributed by atoms with E-state index in [0.29, 0.717) is 11.9 Å². The van der Waals surface area contributed by atoms with Gasteiger partial charge >= 0.3 is 0 Å². The van der Waals surface area contributed by atoms with Crippen molar-refractivity contribution in [3.05, 3.63) is 41.6 Å². The Bertz CT molecular complexity index is 1070. The van der Waals surface area contributed by atoms with Crippen LogP contribution in [0.15, 0.2) is 24.4 Å². The maximum Gasteiger partial charge on any atom is 0.228 e. The molecule has 30 heavy (non-hydrogen) atoms. The monoisotopic (exact) mass is 413 g/mol. The van der Waals surface area contributed by atoms with Gasteiger partial charge in [0.2, 0.25) is 5.95 Å². The van der Waals surface area contributed by atoms with E-state index in [9.17, 15) is 13.9 Å². The summed E-state index contributed by atoms with van der Waals surface area (Å²) in [4.78, 5) is 2.35. The Labute approximate surface area is 173 Å². The third-order valence-electron chi connectivity index (χ3n) is 6.20. The van der Waals surface area contributed by atoms with Crippen LogP contribution in [0.4, 0.5) is 14.7 Å². The van der Waals surface area contributed by atoms with Gasteiger partial charge in [-0.05, 0) is 68.5 Å². The second kappa shape index (κ2) is 7.50.